The minimum absolute atomic E-state index is 1.10. The summed E-state index contributed by atoms with van der Waals surface area (Å²) >= 11 is 0. The van der Waals surface area contributed by atoms with Gasteiger partial charge in [-0.2, -0.15) is 0 Å². The molecule has 0 amide bonds. The van der Waals surface area contributed by atoms with E-state index >= 15 is 0 Å². The van der Waals surface area contributed by atoms with Crippen molar-refractivity contribution >= 4 is 38.9 Å². The topological polar surface area (TPSA) is 8.17 Å². The van der Waals surface area contributed by atoms with Crippen molar-refractivity contribution in [1.82, 2.24) is 4.57 Å². The third-order valence-corrected chi connectivity index (χ3v) is 10.2. The highest BCUT2D eigenvalue weighted by molar-refractivity contribution is 6.10. The molecule has 0 aliphatic heterocycles. The summed E-state index contributed by atoms with van der Waals surface area (Å²) in [6, 6.07) is 70.3. The highest BCUT2D eigenvalue weighted by Gasteiger charge is 2.18. The Labute approximate surface area is 305 Å². The Balaban J connectivity index is 1.15. The molecular weight excluding hydrogens is 629 g/mol. The number of fused-ring (bicyclic) bond motifs is 3. The molecule has 9 aromatic rings. The third-order valence-electron chi connectivity index (χ3n) is 10.2. The highest BCUT2D eigenvalue weighted by Crippen LogP contribution is 2.42. The summed E-state index contributed by atoms with van der Waals surface area (Å²) < 4.78 is 2.42. The van der Waals surface area contributed by atoms with Crippen LogP contribution in [-0.2, 0) is 0 Å². The lowest BCUT2D eigenvalue weighted by atomic mass is 10.00. The molecule has 0 N–H and O–H groups in total. The van der Waals surface area contributed by atoms with Crippen LogP contribution in [0.2, 0.25) is 0 Å². The van der Waals surface area contributed by atoms with Gasteiger partial charge in [0.05, 0.1) is 16.7 Å². The molecule has 0 aliphatic carbocycles. The maximum atomic E-state index is 2.42. The molecule has 0 saturated heterocycles. The molecule has 2 nitrogen and oxygen atoms in total. The average Bonchev–Trinajstić information content (AvgIpc) is 3.54. The largest absolute Gasteiger partial charge is 0.310 e. The van der Waals surface area contributed by atoms with Gasteiger partial charge in [0.2, 0.25) is 0 Å². The zero-order chi connectivity index (χ0) is 35.0. The van der Waals surface area contributed by atoms with Crippen LogP contribution in [0, 0.1) is 13.8 Å². The fourth-order valence-corrected chi connectivity index (χ4v) is 7.57. The molecule has 52 heavy (non-hydrogen) atoms. The standard InChI is InChI=1S/C50H38N2/c1-35-21-22-36(2)50(33-35)52-48-20-12-10-18-45(48)46-34-41(27-32-49(46)52)39-25-30-43(31-26-39)51(42-28-23-38(24-29-42)37-13-5-3-6-14-37)47-19-11-9-17-44(47)40-15-7-4-8-16-40/h3-34H,1-2H3. The van der Waals surface area contributed by atoms with E-state index in [4.69, 9.17) is 0 Å². The molecule has 248 valence electrons. The molecule has 9 rings (SSSR count). The smallest absolute Gasteiger partial charge is 0.0541 e. The van der Waals surface area contributed by atoms with Crippen molar-refractivity contribution in [3.05, 3.63) is 205 Å². The second-order valence-corrected chi connectivity index (χ2v) is 13.6. The van der Waals surface area contributed by atoms with Gasteiger partial charge < -0.3 is 9.47 Å². The normalized spacial score (nSPS) is 11.3. The Hall–Kier alpha value is -6.64. The quantitative estimate of drug-likeness (QED) is 0.164. The fourth-order valence-electron chi connectivity index (χ4n) is 7.57. The first-order valence-corrected chi connectivity index (χ1v) is 17.9. The van der Waals surface area contributed by atoms with E-state index in [1.54, 1.807) is 0 Å². The van der Waals surface area contributed by atoms with Crippen LogP contribution in [-0.4, -0.2) is 4.57 Å². The lowest BCUT2D eigenvalue weighted by molar-refractivity contribution is 1.14. The fraction of sp³-hybridized carbons (Fsp3) is 0.0400. The van der Waals surface area contributed by atoms with Crippen molar-refractivity contribution in [2.75, 3.05) is 4.90 Å². The molecule has 2 heteroatoms. The first-order chi connectivity index (χ1) is 25.6. The molecule has 0 bridgehead atoms. The van der Waals surface area contributed by atoms with Gasteiger partial charge in [-0.25, -0.2) is 0 Å². The zero-order valence-electron chi connectivity index (χ0n) is 29.4. The second kappa shape index (κ2) is 13.2. The molecule has 0 fully saturated rings. The lowest BCUT2D eigenvalue weighted by Gasteiger charge is -2.28. The number of anilines is 3. The van der Waals surface area contributed by atoms with Crippen LogP contribution in [0.25, 0.3) is 60.9 Å². The molecular formula is C50H38N2. The van der Waals surface area contributed by atoms with Crippen molar-refractivity contribution in [1.29, 1.82) is 0 Å². The van der Waals surface area contributed by atoms with Gasteiger partial charge in [0, 0.05) is 33.4 Å². The second-order valence-electron chi connectivity index (χ2n) is 13.6. The van der Waals surface area contributed by atoms with Gasteiger partial charge in [-0.1, -0.05) is 140 Å². The van der Waals surface area contributed by atoms with Gasteiger partial charge >= 0.3 is 0 Å². The molecule has 0 spiro atoms. The summed E-state index contributed by atoms with van der Waals surface area (Å²) in [6.45, 7) is 4.37. The van der Waals surface area contributed by atoms with E-state index in [1.165, 1.54) is 72.0 Å². The summed E-state index contributed by atoms with van der Waals surface area (Å²) in [6.07, 6.45) is 0. The van der Waals surface area contributed by atoms with Crippen molar-refractivity contribution in [3.8, 4) is 39.1 Å². The molecule has 0 unspecified atom stereocenters. The summed E-state index contributed by atoms with van der Waals surface area (Å²) in [4.78, 5) is 2.38. The number of aromatic nitrogens is 1. The van der Waals surface area contributed by atoms with E-state index in [-0.39, 0.29) is 0 Å². The minimum Gasteiger partial charge on any atom is -0.310 e. The van der Waals surface area contributed by atoms with E-state index in [0.717, 1.165) is 17.1 Å². The van der Waals surface area contributed by atoms with Crippen LogP contribution < -0.4 is 4.90 Å². The predicted molar refractivity (Wildman–Crippen MR) is 221 cm³/mol. The molecule has 0 atom stereocenters. The van der Waals surface area contributed by atoms with Crippen LogP contribution in [0.15, 0.2) is 194 Å². The van der Waals surface area contributed by atoms with E-state index < -0.39 is 0 Å². The number of nitrogens with zero attached hydrogens (tertiary/aromatic N) is 2. The molecule has 1 aromatic heterocycles. The van der Waals surface area contributed by atoms with Gasteiger partial charge in [0.1, 0.15) is 0 Å². The van der Waals surface area contributed by atoms with Crippen LogP contribution in [0.5, 0.6) is 0 Å². The molecule has 0 radical (unpaired) electrons. The lowest BCUT2D eigenvalue weighted by Crippen LogP contribution is -2.11. The van der Waals surface area contributed by atoms with Crippen molar-refractivity contribution in [2.24, 2.45) is 0 Å². The number of aryl methyl sites for hydroxylation is 2. The van der Waals surface area contributed by atoms with E-state index in [0.29, 0.717) is 0 Å². The van der Waals surface area contributed by atoms with Gasteiger partial charge in [0.25, 0.3) is 0 Å². The van der Waals surface area contributed by atoms with Crippen molar-refractivity contribution in [3.63, 3.8) is 0 Å². The van der Waals surface area contributed by atoms with Gasteiger partial charge in [0.15, 0.2) is 0 Å². The van der Waals surface area contributed by atoms with Gasteiger partial charge in [-0.15, -0.1) is 0 Å². The molecule has 0 aliphatic rings. The first kappa shape index (κ1) is 31.3. The number of benzene rings is 8. The Morgan fingerprint density at radius 3 is 1.63 bits per heavy atom. The van der Waals surface area contributed by atoms with Crippen LogP contribution in [0.3, 0.4) is 0 Å². The summed E-state index contributed by atoms with van der Waals surface area (Å²) in [5, 5.41) is 2.52. The van der Waals surface area contributed by atoms with Gasteiger partial charge in [-0.3, -0.25) is 0 Å². The predicted octanol–water partition coefficient (Wildman–Crippen LogP) is 13.9. The highest BCUT2D eigenvalue weighted by atomic mass is 15.1. The first-order valence-electron chi connectivity index (χ1n) is 17.9. The Bertz CT molecular complexity index is 2670. The average molecular weight is 667 g/mol. The summed E-state index contributed by atoms with van der Waals surface area (Å²) in [5.74, 6) is 0. The van der Waals surface area contributed by atoms with Crippen LogP contribution in [0.1, 0.15) is 11.1 Å². The SMILES string of the molecule is Cc1ccc(C)c(-n2c3ccccc3c3cc(-c4ccc(N(c5ccc(-c6ccccc6)cc5)c5ccccc5-c5ccccc5)cc4)ccc32)c1. The molecule has 0 saturated carbocycles. The van der Waals surface area contributed by atoms with Crippen LogP contribution in [0.4, 0.5) is 17.1 Å². The number of rotatable bonds is 7. The van der Waals surface area contributed by atoms with E-state index in [9.17, 15) is 0 Å². The van der Waals surface area contributed by atoms with Gasteiger partial charge in [-0.05, 0) is 107 Å². The number of hydrogen-bond acceptors (Lipinski definition) is 1. The Morgan fingerprint density at radius 1 is 0.385 bits per heavy atom. The monoisotopic (exact) mass is 666 g/mol. The number of hydrogen-bond donors (Lipinski definition) is 0. The van der Waals surface area contributed by atoms with Crippen LogP contribution >= 0.6 is 0 Å². The molecule has 1 heterocycles. The maximum absolute atomic E-state index is 2.42. The minimum atomic E-state index is 1.10. The Kier molecular flexibility index (Phi) is 7.98. The number of para-hydroxylation sites is 2. The third kappa shape index (κ3) is 5.65. The summed E-state index contributed by atoms with van der Waals surface area (Å²) in [5.41, 5.74) is 16.7. The zero-order valence-corrected chi connectivity index (χ0v) is 29.4. The maximum Gasteiger partial charge on any atom is 0.0541 e. The molecule has 8 aromatic carbocycles. The Morgan fingerprint density at radius 2 is 0.923 bits per heavy atom. The van der Waals surface area contributed by atoms with E-state index in [1.807, 2.05) is 0 Å². The van der Waals surface area contributed by atoms with Crippen molar-refractivity contribution in [2.45, 2.75) is 13.8 Å². The van der Waals surface area contributed by atoms with E-state index in [2.05, 4.69) is 217 Å². The summed E-state index contributed by atoms with van der Waals surface area (Å²) in [7, 11) is 0. The van der Waals surface area contributed by atoms with Crippen molar-refractivity contribution < 1.29 is 0 Å².